The summed E-state index contributed by atoms with van der Waals surface area (Å²) in [5, 5.41) is 18.2. The first-order valence-electron chi connectivity index (χ1n) is 10.9. The molecule has 1 aromatic carbocycles. The third kappa shape index (κ3) is 9.99. The Morgan fingerprint density at radius 2 is 1.61 bits per heavy atom. The Bertz CT molecular complexity index is 913. The Hall–Kier alpha value is -2.90. The molecule has 7 nitrogen and oxygen atoms in total. The van der Waals surface area contributed by atoms with Crippen molar-refractivity contribution in [1.82, 2.24) is 4.90 Å². The Kier molecular flexibility index (Phi) is 11.1. The van der Waals surface area contributed by atoms with Crippen molar-refractivity contribution in [3.63, 3.8) is 0 Å². The lowest BCUT2D eigenvalue weighted by Crippen LogP contribution is -2.54. The number of carboxylic acids is 2. The van der Waals surface area contributed by atoms with Crippen LogP contribution in [0.1, 0.15) is 38.7 Å². The van der Waals surface area contributed by atoms with Gasteiger partial charge in [-0.25, -0.2) is 9.18 Å². The van der Waals surface area contributed by atoms with Crippen molar-refractivity contribution >= 4 is 23.5 Å². The number of anilines is 1. The monoisotopic (exact) mass is 532 g/mol. The minimum Gasteiger partial charge on any atom is -0.481 e. The van der Waals surface area contributed by atoms with Crippen LogP contribution in [0.2, 0.25) is 0 Å². The Morgan fingerprint density at radius 1 is 1.08 bits per heavy atom. The average Bonchev–Trinajstić information content (AvgIpc) is 2.74. The molecule has 1 aromatic rings. The summed E-state index contributed by atoms with van der Waals surface area (Å²) in [5.74, 6) is -7.04. The van der Waals surface area contributed by atoms with Crippen molar-refractivity contribution in [2.45, 2.75) is 57.9 Å². The molecule has 0 saturated carbocycles. The first-order valence-corrected chi connectivity index (χ1v) is 10.9. The van der Waals surface area contributed by atoms with E-state index in [1.165, 1.54) is 17.0 Å². The molecule has 36 heavy (non-hydrogen) atoms. The van der Waals surface area contributed by atoms with Crippen LogP contribution in [0.4, 0.5) is 36.4 Å². The number of likely N-dealkylation sites (tertiary alicyclic amines) is 1. The van der Waals surface area contributed by atoms with Gasteiger partial charge in [-0.05, 0) is 56.0 Å². The number of nitrogens with one attached hydrogen (secondary N) is 1. The van der Waals surface area contributed by atoms with Crippen LogP contribution < -0.4 is 5.32 Å². The number of nitrogens with zero attached hydrogens (tertiary/aromatic N) is 1. The SMILES string of the molecule is CC1CCN(C(C(=O)Nc2cc(CCC(=O)O)ccc2F)C(C)C(F)(F)F)CC1.O=C(O)C(F)(F)F. The number of carbonyl (C=O) groups is 3. The highest BCUT2D eigenvalue weighted by atomic mass is 19.4. The number of rotatable bonds is 7. The number of hydrogen-bond donors (Lipinski definition) is 3. The molecule has 1 amide bonds. The molecule has 1 fully saturated rings. The molecule has 1 saturated heterocycles. The van der Waals surface area contributed by atoms with Gasteiger partial charge in [0.1, 0.15) is 11.9 Å². The number of carboxylic acid groups (broad SMARTS) is 2. The molecule has 1 aliphatic heterocycles. The zero-order chi connectivity index (χ0) is 27.8. The van der Waals surface area contributed by atoms with Crippen LogP contribution >= 0.6 is 0 Å². The number of amides is 1. The van der Waals surface area contributed by atoms with Crippen LogP contribution in [-0.2, 0) is 20.8 Å². The van der Waals surface area contributed by atoms with Crippen LogP contribution in [0.3, 0.4) is 0 Å². The minimum atomic E-state index is -5.08. The normalized spacial score (nSPS) is 16.9. The predicted octanol–water partition coefficient (Wildman–Crippen LogP) is 4.71. The third-order valence-corrected chi connectivity index (χ3v) is 5.63. The van der Waals surface area contributed by atoms with Gasteiger partial charge in [0.2, 0.25) is 5.91 Å². The third-order valence-electron chi connectivity index (χ3n) is 5.63. The highest BCUT2D eigenvalue weighted by Crippen LogP contribution is 2.33. The number of piperidine rings is 1. The zero-order valence-corrected chi connectivity index (χ0v) is 19.4. The van der Waals surface area contributed by atoms with Crippen molar-refractivity contribution in [3.8, 4) is 0 Å². The Labute approximate surface area is 202 Å². The quantitative estimate of drug-likeness (QED) is 0.439. The van der Waals surface area contributed by atoms with Crippen molar-refractivity contribution in [1.29, 1.82) is 0 Å². The lowest BCUT2D eigenvalue weighted by molar-refractivity contribution is -0.192. The largest absolute Gasteiger partial charge is 0.490 e. The molecular formula is C22H27F7N2O5. The van der Waals surface area contributed by atoms with Gasteiger partial charge < -0.3 is 15.5 Å². The van der Waals surface area contributed by atoms with Gasteiger partial charge in [0.05, 0.1) is 11.6 Å². The molecule has 0 aliphatic carbocycles. The second-order valence-electron chi connectivity index (χ2n) is 8.49. The van der Waals surface area contributed by atoms with Gasteiger partial charge in [-0.2, -0.15) is 26.3 Å². The van der Waals surface area contributed by atoms with Crippen molar-refractivity contribution in [2.24, 2.45) is 11.8 Å². The van der Waals surface area contributed by atoms with E-state index in [0.29, 0.717) is 37.4 Å². The molecular weight excluding hydrogens is 505 g/mol. The summed E-state index contributed by atoms with van der Waals surface area (Å²) in [6.07, 6.45) is -8.35. The van der Waals surface area contributed by atoms with Gasteiger partial charge in [0.25, 0.3) is 0 Å². The minimum absolute atomic E-state index is 0.116. The van der Waals surface area contributed by atoms with Gasteiger partial charge in [0.15, 0.2) is 0 Å². The van der Waals surface area contributed by atoms with E-state index in [0.717, 1.165) is 13.0 Å². The van der Waals surface area contributed by atoms with Gasteiger partial charge in [-0.15, -0.1) is 0 Å². The molecule has 2 unspecified atom stereocenters. The summed E-state index contributed by atoms with van der Waals surface area (Å²) in [7, 11) is 0. The van der Waals surface area contributed by atoms with E-state index in [9.17, 15) is 40.3 Å². The topological polar surface area (TPSA) is 107 Å². The molecule has 2 rings (SSSR count). The number of carbonyl (C=O) groups excluding carboxylic acids is 1. The van der Waals surface area contributed by atoms with Crippen LogP contribution in [0.15, 0.2) is 18.2 Å². The van der Waals surface area contributed by atoms with E-state index in [4.69, 9.17) is 15.0 Å². The van der Waals surface area contributed by atoms with E-state index in [-0.39, 0.29) is 18.5 Å². The standard InChI is InChI=1S/C20H26F4N2O3.C2HF3O2/c1-12-7-9-26(10-8-12)18(13(2)20(22,23)24)19(29)25-16-11-14(3-5-15(16)21)4-6-17(27)28;3-2(4,5)1(6)7/h3,5,11-13,18H,4,6-10H2,1-2H3,(H,25,29)(H,27,28);(H,6,7). The van der Waals surface area contributed by atoms with Crippen LogP contribution in [0, 0.1) is 17.7 Å². The van der Waals surface area contributed by atoms with E-state index in [1.54, 1.807) is 0 Å². The highest BCUT2D eigenvalue weighted by molar-refractivity contribution is 5.95. The van der Waals surface area contributed by atoms with Crippen LogP contribution in [-0.4, -0.2) is 64.4 Å². The molecule has 204 valence electrons. The fourth-order valence-corrected chi connectivity index (χ4v) is 3.48. The summed E-state index contributed by atoms with van der Waals surface area (Å²) < 4.78 is 86.1. The van der Waals surface area contributed by atoms with Gasteiger partial charge in [-0.3, -0.25) is 14.5 Å². The zero-order valence-electron chi connectivity index (χ0n) is 19.4. The molecule has 2 atom stereocenters. The van der Waals surface area contributed by atoms with Crippen molar-refractivity contribution < 1.29 is 55.3 Å². The van der Waals surface area contributed by atoms with Gasteiger partial charge in [-0.1, -0.05) is 19.9 Å². The van der Waals surface area contributed by atoms with Crippen molar-refractivity contribution in [3.05, 3.63) is 29.6 Å². The highest BCUT2D eigenvalue weighted by Gasteiger charge is 2.47. The number of aliphatic carboxylic acids is 2. The molecule has 1 heterocycles. The molecule has 3 N–H and O–H groups in total. The summed E-state index contributed by atoms with van der Waals surface area (Å²) in [4.78, 5) is 33.9. The van der Waals surface area contributed by atoms with Gasteiger partial charge >= 0.3 is 24.3 Å². The average molecular weight is 532 g/mol. The molecule has 14 heteroatoms. The summed E-state index contributed by atoms with van der Waals surface area (Å²) in [6.45, 7) is 3.70. The molecule has 0 bridgehead atoms. The fraction of sp³-hybridized carbons (Fsp3) is 0.591. The van der Waals surface area contributed by atoms with E-state index in [2.05, 4.69) is 5.32 Å². The molecule has 1 aliphatic rings. The number of benzene rings is 1. The lowest BCUT2D eigenvalue weighted by atomic mass is 9.92. The smallest absolute Gasteiger partial charge is 0.481 e. The summed E-state index contributed by atoms with van der Waals surface area (Å²) in [6, 6.07) is 2.25. The molecule has 0 radical (unpaired) electrons. The van der Waals surface area contributed by atoms with Gasteiger partial charge in [0, 0.05) is 6.42 Å². The summed E-state index contributed by atoms with van der Waals surface area (Å²) in [5.41, 5.74) is 0.221. The first kappa shape index (κ1) is 31.1. The number of halogens is 7. The number of hydrogen-bond acceptors (Lipinski definition) is 4. The van der Waals surface area contributed by atoms with E-state index < -0.39 is 48.0 Å². The maximum atomic E-state index is 14.2. The lowest BCUT2D eigenvalue weighted by Gasteiger charge is -2.39. The summed E-state index contributed by atoms with van der Waals surface area (Å²) >= 11 is 0. The second-order valence-corrected chi connectivity index (χ2v) is 8.49. The van der Waals surface area contributed by atoms with Crippen molar-refractivity contribution in [2.75, 3.05) is 18.4 Å². The fourth-order valence-electron chi connectivity index (χ4n) is 3.48. The van der Waals surface area contributed by atoms with Crippen LogP contribution in [0.25, 0.3) is 0 Å². The first-order chi connectivity index (χ1) is 16.4. The number of aryl methyl sites for hydroxylation is 1. The second kappa shape index (κ2) is 12.9. The number of alkyl halides is 6. The Balaban J connectivity index is 0.000000809. The predicted molar refractivity (Wildman–Crippen MR) is 114 cm³/mol. The van der Waals surface area contributed by atoms with E-state index in [1.807, 2.05) is 6.92 Å². The molecule has 0 aromatic heterocycles. The molecule has 0 spiro atoms. The Morgan fingerprint density at radius 3 is 2.06 bits per heavy atom. The van der Waals surface area contributed by atoms with E-state index >= 15 is 0 Å². The van der Waals surface area contributed by atoms with Crippen LogP contribution in [0.5, 0.6) is 0 Å². The maximum Gasteiger partial charge on any atom is 0.490 e. The maximum absolute atomic E-state index is 14.2.